The quantitative estimate of drug-likeness (QED) is 0.531. The number of carbonyl (C=O) groups excluding carboxylic acids is 1. The van der Waals surface area contributed by atoms with Crippen molar-refractivity contribution in [3.8, 4) is 0 Å². The van der Waals surface area contributed by atoms with E-state index < -0.39 is 24.7 Å². The van der Waals surface area contributed by atoms with Crippen molar-refractivity contribution in [3.63, 3.8) is 0 Å². The van der Waals surface area contributed by atoms with Gasteiger partial charge in [0.1, 0.15) is 6.10 Å². The zero-order valence-corrected chi connectivity index (χ0v) is 9.39. The molecule has 0 saturated carbocycles. The van der Waals surface area contributed by atoms with Crippen LogP contribution in [-0.2, 0) is 4.79 Å². The Balaban J connectivity index is 4.33. The van der Waals surface area contributed by atoms with E-state index in [9.17, 15) is 9.90 Å². The second-order valence-electron chi connectivity index (χ2n) is 3.52. The number of amides is 1. The fraction of sp³-hybridized carbons (Fsp3) is 0.900. The van der Waals surface area contributed by atoms with Crippen molar-refractivity contribution in [1.29, 1.82) is 0 Å². The summed E-state index contributed by atoms with van der Waals surface area (Å²) in [6.45, 7) is 4.37. The molecule has 5 heteroatoms. The lowest BCUT2D eigenvalue weighted by Gasteiger charge is -2.25. The first-order valence-electron chi connectivity index (χ1n) is 5.34. The summed E-state index contributed by atoms with van der Waals surface area (Å²) in [6, 6.07) is 0. The van der Waals surface area contributed by atoms with Crippen LogP contribution in [0.15, 0.2) is 0 Å². The van der Waals surface area contributed by atoms with Crippen molar-refractivity contribution in [3.05, 3.63) is 0 Å². The van der Waals surface area contributed by atoms with Gasteiger partial charge in [0.05, 0.1) is 6.61 Å². The van der Waals surface area contributed by atoms with Crippen LogP contribution in [0.1, 0.15) is 26.7 Å². The molecule has 0 fully saturated rings. The van der Waals surface area contributed by atoms with Crippen LogP contribution in [0.4, 0.5) is 0 Å². The molecule has 0 heterocycles. The van der Waals surface area contributed by atoms with E-state index in [2.05, 4.69) is 0 Å². The van der Waals surface area contributed by atoms with Crippen LogP contribution in [0.5, 0.6) is 0 Å². The summed E-state index contributed by atoms with van der Waals surface area (Å²) in [5.74, 6) is -0.514. The van der Waals surface area contributed by atoms with E-state index in [-0.39, 0.29) is 0 Å². The lowest BCUT2D eigenvalue weighted by molar-refractivity contribution is -0.147. The number of nitrogens with zero attached hydrogens (tertiary/aromatic N) is 1. The minimum absolute atomic E-state index is 0.514. The van der Waals surface area contributed by atoms with Crippen molar-refractivity contribution < 1.29 is 20.1 Å². The van der Waals surface area contributed by atoms with E-state index in [4.69, 9.17) is 10.2 Å². The Morgan fingerprint density at radius 3 is 2.00 bits per heavy atom. The Kier molecular flexibility index (Phi) is 7.29. The van der Waals surface area contributed by atoms with Gasteiger partial charge >= 0.3 is 0 Å². The molecular weight excluding hydrogens is 198 g/mol. The molecular formula is C10H21NO4. The Hall–Kier alpha value is -0.650. The van der Waals surface area contributed by atoms with Crippen LogP contribution >= 0.6 is 0 Å². The molecule has 0 aliphatic carbocycles. The predicted molar refractivity (Wildman–Crippen MR) is 56.3 cm³/mol. The fourth-order valence-corrected chi connectivity index (χ4v) is 1.32. The van der Waals surface area contributed by atoms with E-state index in [0.717, 1.165) is 12.8 Å². The molecule has 0 rings (SSSR count). The Bertz CT molecular complexity index is 180. The summed E-state index contributed by atoms with van der Waals surface area (Å²) in [7, 11) is 0. The molecule has 2 atom stereocenters. The van der Waals surface area contributed by atoms with Gasteiger partial charge in [-0.3, -0.25) is 4.79 Å². The van der Waals surface area contributed by atoms with E-state index in [0.29, 0.717) is 13.1 Å². The van der Waals surface area contributed by atoms with E-state index in [1.54, 1.807) is 0 Å². The van der Waals surface area contributed by atoms with Gasteiger partial charge in [-0.1, -0.05) is 13.8 Å². The molecule has 0 aliphatic rings. The first-order valence-corrected chi connectivity index (χ1v) is 5.34. The number of carbonyl (C=O) groups is 1. The summed E-state index contributed by atoms with van der Waals surface area (Å²) in [6.07, 6.45) is -1.32. The summed E-state index contributed by atoms with van der Waals surface area (Å²) in [5, 5.41) is 27.2. The molecule has 0 unspecified atom stereocenters. The molecule has 0 radical (unpaired) electrons. The van der Waals surface area contributed by atoms with E-state index >= 15 is 0 Å². The van der Waals surface area contributed by atoms with Crippen molar-refractivity contribution in [2.24, 2.45) is 0 Å². The zero-order chi connectivity index (χ0) is 11.8. The molecule has 0 aromatic rings. The lowest BCUT2D eigenvalue weighted by atomic mass is 10.2. The maximum absolute atomic E-state index is 11.6. The molecule has 0 saturated heterocycles. The van der Waals surface area contributed by atoms with E-state index in [1.807, 2.05) is 13.8 Å². The molecule has 0 aromatic carbocycles. The molecule has 0 bridgehead atoms. The van der Waals surface area contributed by atoms with Gasteiger partial charge in [0, 0.05) is 13.1 Å². The number of hydrogen-bond donors (Lipinski definition) is 3. The summed E-state index contributed by atoms with van der Waals surface area (Å²) < 4.78 is 0. The van der Waals surface area contributed by atoms with Crippen molar-refractivity contribution >= 4 is 5.91 Å². The third kappa shape index (κ3) is 4.59. The van der Waals surface area contributed by atoms with Gasteiger partial charge in [-0.2, -0.15) is 0 Å². The lowest BCUT2D eigenvalue weighted by Crippen LogP contribution is -2.46. The van der Waals surface area contributed by atoms with Crippen LogP contribution in [0.25, 0.3) is 0 Å². The normalized spacial score (nSPS) is 14.7. The van der Waals surface area contributed by atoms with Crippen molar-refractivity contribution in [1.82, 2.24) is 4.90 Å². The summed E-state index contributed by atoms with van der Waals surface area (Å²) in [5.41, 5.74) is 0. The molecule has 5 nitrogen and oxygen atoms in total. The highest BCUT2D eigenvalue weighted by molar-refractivity contribution is 5.81. The van der Waals surface area contributed by atoms with Gasteiger partial charge in [0.25, 0.3) is 5.91 Å². The number of rotatable bonds is 7. The Morgan fingerprint density at radius 1 is 1.20 bits per heavy atom. The largest absolute Gasteiger partial charge is 0.394 e. The van der Waals surface area contributed by atoms with E-state index in [1.165, 1.54) is 4.90 Å². The van der Waals surface area contributed by atoms with Crippen LogP contribution < -0.4 is 0 Å². The molecule has 90 valence electrons. The average molecular weight is 219 g/mol. The fourth-order valence-electron chi connectivity index (χ4n) is 1.32. The highest BCUT2D eigenvalue weighted by atomic mass is 16.4. The van der Waals surface area contributed by atoms with Gasteiger partial charge < -0.3 is 20.2 Å². The topological polar surface area (TPSA) is 81.0 Å². The maximum Gasteiger partial charge on any atom is 0.254 e. The van der Waals surface area contributed by atoms with Gasteiger partial charge in [0.2, 0.25) is 0 Å². The first kappa shape index (κ1) is 14.3. The van der Waals surface area contributed by atoms with Crippen molar-refractivity contribution in [2.45, 2.75) is 38.9 Å². The third-order valence-corrected chi connectivity index (χ3v) is 2.10. The molecule has 15 heavy (non-hydrogen) atoms. The maximum atomic E-state index is 11.6. The van der Waals surface area contributed by atoms with Gasteiger partial charge in [-0.25, -0.2) is 0 Å². The minimum atomic E-state index is -1.52. The minimum Gasteiger partial charge on any atom is -0.394 e. The predicted octanol–water partition coefficient (Wildman–Crippen LogP) is -0.651. The first-order chi connectivity index (χ1) is 7.08. The Labute approximate surface area is 90.3 Å². The molecule has 0 aliphatic heterocycles. The van der Waals surface area contributed by atoms with Gasteiger partial charge in [-0.15, -0.1) is 0 Å². The smallest absolute Gasteiger partial charge is 0.254 e. The van der Waals surface area contributed by atoms with Crippen LogP contribution in [0, 0.1) is 0 Å². The summed E-state index contributed by atoms with van der Waals surface area (Å²) in [4.78, 5) is 13.1. The van der Waals surface area contributed by atoms with Crippen LogP contribution in [0.3, 0.4) is 0 Å². The highest BCUT2D eigenvalue weighted by Gasteiger charge is 2.27. The molecule has 3 N–H and O–H groups in total. The molecule has 0 aromatic heterocycles. The number of aliphatic hydroxyl groups excluding tert-OH is 3. The second kappa shape index (κ2) is 7.62. The van der Waals surface area contributed by atoms with Gasteiger partial charge in [-0.05, 0) is 12.8 Å². The number of hydrogen-bond acceptors (Lipinski definition) is 4. The van der Waals surface area contributed by atoms with Gasteiger partial charge in [0.15, 0.2) is 6.10 Å². The second-order valence-corrected chi connectivity index (χ2v) is 3.52. The zero-order valence-electron chi connectivity index (χ0n) is 9.39. The summed E-state index contributed by atoms with van der Waals surface area (Å²) >= 11 is 0. The average Bonchev–Trinajstić information content (AvgIpc) is 2.25. The highest BCUT2D eigenvalue weighted by Crippen LogP contribution is 2.02. The third-order valence-electron chi connectivity index (χ3n) is 2.10. The standard InChI is InChI=1S/C10H21NO4/c1-3-5-11(6-4-2)10(15)9(14)8(13)7-12/h8-9,12-14H,3-7H2,1-2H3/t8-,9-/m1/s1. The monoisotopic (exact) mass is 219 g/mol. The van der Waals surface area contributed by atoms with Crippen molar-refractivity contribution in [2.75, 3.05) is 19.7 Å². The SMILES string of the molecule is CCCN(CCC)C(=O)[C@H](O)[C@H](O)CO. The Morgan fingerprint density at radius 2 is 1.67 bits per heavy atom. The molecule has 1 amide bonds. The van der Waals surface area contributed by atoms with Crippen LogP contribution in [0.2, 0.25) is 0 Å². The van der Waals surface area contributed by atoms with Crippen LogP contribution in [-0.4, -0.2) is 58.0 Å². The number of aliphatic hydroxyl groups is 3. The molecule has 0 spiro atoms.